The minimum atomic E-state index is -4.62. The van der Waals surface area contributed by atoms with Gasteiger partial charge in [-0.1, -0.05) is 52.0 Å². The number of carboxylic acids is 1. The van der Waals surface area contributed by atoms with Crippen molar-refractivity contribution in [1.29, 1.82) is 0 Å². The number of carboxylic acid groups (broad SMARTS) is 1. The normalized spacial score (nSPS) is 24.0. The Morgan fingerprint density at radius 2 is 1.25 bits per heavy atom. The molecule has 2 heterocycles. The van der Waals surface area contributed by atoms with E-state index in [4.69, 9.17) is 0 Å². The van der Waals surface area contributed by atoms with E-state index < -0.39 is 85.5 Å². The van der Waals surface area contributed by atoms with Crippen molar-refractivity contribution in [3.63, 3.8) is 0 Å². The number of benzene rings is 2. The summed E-state index contributed by atoms with van der Waals surface area (Å²) in [5, 5.41) is 10.6. The predicted octanol–water partition coefficient (Wildman–Crippen LogP) is 5.14. The Kier molecular flexibility index (Phi) is 12.7. The van der Waals surface area contributed by atoms with Gasteiger partial charge in [-0.15, -0.1) is 0 Å². The van der Waals surface area contributed by atoms with Crippen molar-refractivity contribution in [2.45, 2.75) is 93.4 Å². The van der Waals surface area contributed by atoms with Crippen LogP contribution in [0.4, 0.5) is 11.4 Å². The first-order chi connectivity index (χ1) is 27.7. The molecule has 0 bridgehead atoms. The third kappa shape index (κ3) is 9.58. The van der Waals surface area contributed by atoms with Crippen molar-refractivity contribution < 1.29 is 66.6 Å². The van der Waals surface area contributed by atoms with Crippen molar-refractivity contribution in [1.82, 2.24) is 0 Å². The fourth-order valence-electron chi connectivity index (χ4n) is 8.61. The standard InChI is InChI=1S/C40H50N2O15S4/c1-26(43)40(36(44)45)24-27(9-14-35-37(2,3)31-22-29(60(52,53)54)10-12-33(31)41(35)17-7-19-58(46,47)48)21-28(25-40)15-16-39(6)38(4,5)32-23-30(61(55,56)57)11-13-34(32)42(39)18-8-20-59(49,50)51/h9-16,21-23H,7-8,17-20,24-25H2,1-6H3,(H,44,45)(H,46,47,48)(H,49,50,51)(H,52,53,54)(H,55,56,57)/b16-15+,27-9-,35-14+. The summed E-state index contributed by atoms with van der Waals surface area (Å²) < 4.78 is 134. The average Bonchev–Trinajstić information content (AvgIpc) is 3.43. The van der Waals surface area contributed by atoms with E-state index in [0.717, 1.165) is 0 Å². The second-order valence-corrected chi connectivity index (χ2v) is 22.9. The Labute approximate surface area is 356 Å². The molecule has 2 aromatic rings. The predicted molar refractivity (Wildman–Crippen MR) is 227 cm³/mol. The molecule has 2 aromatic carbocycles. The number of allylic oxidation sites excluding steroid dienone is 7. The number of Topliss-reactive ketones (excluding diaryl/α,β-unsaturated/α-hetero) is 1. The molecule has 61 heavy (non-hydrogen) atoms. The first kappa shape index (κ1) is 47.8. The summed E-state index contributed by atoms with van der Waals surface area (Å²) in [5.41, 5.74) is -1.57. The van der Waals surface area contributed by atoms with Crippen LogP contribution in [0.5, 0.6) is 0 Å². The van der Waals surface area contributed by atoms with Gasteiger partial charge in [0.1, 0.15) is 11.2 Å². The topological polar surface area (TPSA) is 278 Å². The molecule has 0 spiro atoms. The van der Waals surface area contributed by atoms with E-state index in [9.17, 15) is 66.6 Å². The van der Waals surface area contributed by atoms with E-state index in [-0.39, 0.29) is 48.6 Å². The Morgan fingerprint density at radius 3 is 1.75 bits per heavy atom. The molecule has 5 N–H and O–H groups in total. The van der Waals surface area contributed by atoms with E-state index in [1.165, 1.54) is 43.3 Å². The lowest BCUT2D eigenvalue weighted by Gasteiger charge is -2.44. The number of hydrogen-bond acceptors (Lipinski definition) is 12. The van der Waals surface area contributed by atoms with Gasteiger partial charge in [0.25, 0.3) is 40.5 Å². The van der Waals surface area contributed by atoms with Crippen molar-refractivity contribution >= 4 is 63.6 Å². The van der Waals surface area contributed by atoms with Crippen LogP contribution in [0, 0.1) is 5.41 Å². The van der Waals surface area contributed by atoms with Gasteiger partial charge in [-0.05, 0) is 104 Å². The molecule has 3 aliphatic rings. The summed E-state index contributed by atoms with van der Waals surface area (Å²) in [4.78, 5) is 29.2. The summed E-state index contributed by atoms with van der Waals surface area (Å²) >= 11 is 0. The number of carbonyl (C=O) groups excluding carboxylic acids is 1. The van der Waals surface area contributed by atoms with Gasteiger partial charge in [0, 0.05) is 41.0 Å². The van der Waals surface area contributed by atoms with Gasteiger partial charge in [-0.2, -0.15) is 33.7 Å². The molecule has 21 heteroatoms. The Balaban J connectivity index is 1.65. The van der Waals surface area contributed by atoms with Crippen LogP contribution in [0.1, 0.15) is 78.4 Å². The molecule has 2 atom stereocenters. The van der Waals surface area contributed by atoms with Crippen molar-refractivity contribution in [2.24, 2.45) is 5.41 Å². The zero-order chi connectivity index (χ0) is 45.9. The molecule has 0 saturated carbocycles. The largest absolute Gasteiger partial charge is 0.480 e. The third-order valence-electron chi connectivity index (χ3n) is 12.3. The number of anilines is 2. The van der Waals surface area contributed by atoms with Gasteiger partial charge in [-0.3, -0.25) is 27.8 Å². The summed E-state index contributed by atoms with van der Waals surface area (Å²) in [6, 6.07) is 8.01. The van der Waals surface area contributed by atoms with E-state index in [0.29, 0.717) is 39.3 Å². The molecule has 0 amide bonds. The minimum absolute atomic E-state index is 0.0291. The van der Waals surface area contributed by atoms with Crippen LogP contribution >= 0.6 is 0 Å². The van der Waals surface area contributed by atoms with E-state index in [2.05, 4.69) is 0 Å². The number of rotatable bonds is 15. The first-order valence-electron chi connectivity index (χ1n) is 19.0. The van der Waals surface area contributed by atoms with Crippen LogP contribution in [0.25, 0.3) is 0 Å². The molecule has 5 rings (SSSR count). The van der Waals surface area contributed by atoms with E-state index >= 15 is 0 Å². The van der Waals surface area contributed by atoms with Gasteiger partial charge >= 0.3 is 5.97 Å². The third-order valence-corrected chi connectivity index (χ3v) is 15.6. The summed E-state index contributed by atoms with van der Waals surface area (Å²) in [5.74, 6) is -3.14. The molecule has 1 aliphatic carbocycles. The fraction of sp³-hybridized carbons (Fsp3) is 0.450. The monoisotopic (exact) mass is 926 g/mol. The minimum Gasteiger partial charge on any atom is -0.480 e. The SMILES string of the molecule is CC(=O)C1(C(=O)O)CC(/C=C/C2(C)N(CCCS(=O)(=O)O)c3ccc(S(=O)(=O)O)cc3C2(C)C)=CC(=C/C=C2/N(CCCS(=O)(=O)O)c3ccc(S(=O)(=O)O)cc3C2(C)C)/C1. The summed E-state index contributed by atoms with van der Waals surface area (Å²) in [7, 11) is -17.9. The molecule has 0 aromatic heterocycles. The maximum Gasteiger partial charge on any atom is 0.317 e. The number of fused-ring (bicyclic) bond motifs is 2. The molecular formula is C40H50N2O15S4. The Bertz CT molecular complexity index is 2740. The highest BCUT2D eigenvalue weighted by atomic mass is 32.2. The number of carbonyl (C=O) groups is 2. The van der Waals surface area contributed by atoms with Gasteiger partial charge < -0.3 is 14.9 Å². The van der Waals surface area contributed by atoms with Crippen molar-refractivity contribution in [3.8, 4) is 0 Å². The lowest BCUT2D eigenvalue weighted by atomic mass is 9.68. The summed E-state index contributed by atoms with van der Waals surface area (Å²) in [6.07, 6.45) is 7.89. The Hall–Kier alpha value is -4.22. The maximum absolute atomic E-state index is 13.3. The van der Waals surface area contributed by atoms with Gasteiger partial charge in [0.2, 0.25) is 0 Å². The number of nitrogens with zero attached hydrogens (tertiary/aromatic N) is 2. The van der Waals surface area contributed by atoms with E-state index in [1.54, 1.807) is 49.1 Å². The van der Waals surface area contributed by atoms with Gasteiger partial charge in [0.05, 0.1) is 26.8 Å². The van der Waals surface area contributed by atoms with Gasteiger partial charge in [-0.25, -0.2) is 0 Å². The maximum atomic E-state index is 13.3. The Morgan fingerprint density at radius 1 is 0.721 bits per heavy atom. The van der Waals surface area contributed by atoms with E-state index in [1.807, 2.05) is 25.7 Å². The quantitative estimate of drug-likeness (QED) is 0.114. The molecule has 0 saturated heterocycles. The fourth-order valence-corrected chi connectivity index (χ4v) is 10.6. The smallest absolute Gasteiger partial charge is 0.317 e. The molecular weight excluding hydrogens is 877 g/mol. The lowest BCUT2D eigenvalue weighted by Crippen LogP contribution is -2.52. The van der Waals surface area contributed by atoms with Crippen LogP contribution in [0.2, 0.25) is 0 Å². The highest BCUT2D eigenvalue weighted by Gasteiger charge is 2.53. The van der Waals surface area contributed by atoms with Crippen molar-refractivity contribution in [2.75, 3.05) is 34.4 Å². The number of hydrogen-bond donors (Lipinski definition) is 5. The first-order valence-corrected chi connectivity index (χ1v) is 25.1. The second-order valence-electron chi connectivity index (χ2n) is 16.9. The zero-order valence-electron chi connectivity index (χ0n) is 34.4. The molecule has 17 nitrogen and oxygen atoms in total. The molecule has 0 radical (unpaired) electrons. The average molecular weight is 927 g/mol. The molecule has 334 valence electrons. The van der Waals surface area contributed by atoms with Crippen LogP contribution in [0.15, 0.2) is 93.4 Å². The van der Waals surface area contributed by atoms with Crippen LogP contribution in [-0.2, 0) is 60.9 Å². The number of ketones is 1. The van der Waals surface area contributed by atoms with Crippen molar-refractivity contribution in [3.05, 3.63) is 94.7 Å². The highest BCUT2D eigenvalue weighted by Crippen LogP contribution is 2.54. The summed E-state index contributed by atoms with van der Waals surface area (Å²) in [6.45, 7) is 10.3. The van der Waals surface area contributed by atoms with Gasteiger partial charge in [0.15, 0.2) is 0 Å². The lowest BCUT2D eigenvalue weighted by molar-refractivity contribution is -0.154. The highest BCUT2D eigenvalue weighted by molar-refractivity contribution is 7.86. The van der Waals surface area contributed by atoms with Crippen LogP contribution in [0.3, 0.4) is 0 Å². The molecule has 2 aliphatic heterocycles. The molecule has 0 fully saturated rings. The van der Waals surface area contributed by atoms with Crippen LogP contribution in [-0.4, -0.2) is 98.9 Å². The molecule has 2 unspecified atom stereocenters. The second kappa shape index (κ2) is 16.2. The zero-order valence-corrected chi connectivity index (χ0v) is 37.6. The number of aliphatic carboxylic acids is 1. The van der Waals surface area contributed by atoms with Crippen LogP contribution < -0.4 is 9.80 Å².